The van der Waals surface area contributed by atoms with Gasteiger partial charge in [0.2, 0.25) is 0 Å². The molecule has 0 spiro atoms. The zero-order chi connectivity index (χ0) is 16.0. The van der Waals surface area contributed by atoms with E-state index in [1.54, 1.807) is 0 Å². The van der Waals surface area contributed by atoms with Gasteiger partial charge in [-0.05, 0) is 18.4 Å². The van der Waals surface area contributed by atoms with Gasteiger partial charge in [-0.1, -0.05) is 0 Å². The third kappa shape index (κ3) is 2.49. The molecule has 0 N–H and O–H groups in total. The molecule has 120 valence electrons. The maximum Gasteiger partial charge on any atom is 0.262 e. The van der Waals surface area contributed by atoms with Gasteiger partial charge in [-0.15, -0.1) is 11.3 Å². The highest BCUT2D eigenvalue weighted by Crippen LogP contribution is 2.17. The van der Waals surface area contributed by atoms with Gasteiger partial charge >= 0.3 is 0 Å². The molecule has 0 fully saturated rings. The summed E-state index contributed by atoms with van der Waals surface area (Å²) in [6.45, 7) is 5.33. The maximum absolute atomic E-state index is 12.6. The number of hydrogen-bond acceptors (Lipinski definition) is 5. The van der Waals surface area contributed by atoms with E-state index < -0.39 is 0 Å². The Morgan fingerprint density at radius 1 is 1.30 bits per heavy atom. The molecular formula is C16H19N5OS. The molecule has 4 heterocycles. The molecule has 23 heavy (non-hydrogen) atoms. The number of imidazole rings is 1. The van der Waals surface area contributed by atoms with E-state index in [9.17, 15) is 4.79 Å². The van der Waals surface area contributed by atoms with Crippen LogP contribution in [0.25, 0.3) is 10.2 Å². The lowest BCUT2D eigenvalue weighted by Crippen LogP contribution is -2.29. The Morgan fingerprint density at radius 2 is 2.17 bits per heavy atom. The van der Waals surface area contributed by atoms with Gasteiger partial charge in [-0.25, -0.2) is 9.97 Å². The summed E-state index contributed by atoms with van der Waals surface area (Å²) >= 11 is 1.54. The predicted octanol–water partition coefficient (Wildman–Crippen LogP) is 1.56. The topological polar surface area (TPSA) is 56.0 Å². The highest BCUT2D eigenvalue weighted by atomic mass is 32.1. The van der Waals surface area contributed by atoms with E-state index >= 15 is 0 Å². The molecule has 4 rings (SSSR count). The number of hydrogen-bond donors (Lipinski definition) is 0. The minimum absolute atomic E-state index is 0.101. The zero-order valence-electron chi connectivity index (χ0n) is 13.3. The summed E-state index contributed by atoms with van der Waals surface area (Å²) in [7, 11) is 2.05. The molecule has 3 aromatic heterocycles. The van der Waals surface area contributed by atoms with Crippen LogP contribution in [-0.4, -0.2) is 37.1 Å². The molecule has 3 aromatic rings. The van der Waals surface area contributed by atoms with E-state index in [-0.39, 0.29) is 5.56 Å². The van der Waals surface area contributed by atoms with Crippen molar-refractivity contribution in [2.75, 3.05) is 13.1 Å². The second kappa shape index (κ2) is 5.58. The Labute approximate surface area is 138 Å². The van der Waals surface area contributed by atoms with Crippen molar-refractivity contribution in [3.63, 3.8) is 0 Å². The average Bonchev–Trinajstić information content (AvgIpc) is 3.06. The van der Waals surface area contributed by atoms with Crippen molar-refractivity contribution in [3.8, 4) is 0 Å². The van der Waals surface area contributed by atoms with Crippen LogP contribution in [0.4, 0.5) is 0 Å². The standard InChI is InChI=1S/C16H19N5OS/c1-11-17-9-12(19(11)2)10-20-5-3-14-18-15-13(4-8-23-15)16(22)21(14)7-6-20/h4,8-9H,3,5-7,10H2,1-2H3. The molecule has 0 atom stereocenters. The van der Waals surface area contributed by atoms with E-state index in [0.29, 0.717) is 6.54 Å². The lowest BCUT2D eigenvalue weighted by molar-refractivity contribution is 0.265. The molecule has 0 aliphatic carbocycles. The molecule has 7 heteroatoms. The first-order chi connectivity index (χ1) is 11.1. The summed E-state index contributed by atoms with van der Waals surface area (Å²) in [4.78, 5) is 24.9. The van der Waals surface area contributed by atoms with Crippen LogP contribution in [0.1, 0.15) is 17.3 Å². The van der Waals surface area contributed by atoms with Crippen LogP contribution in [0.15, 0.2) is 22.4 Å². The number of aromatic nitrogens is 4. The van der Waals surface area contributed by atoms with Crippen molar-refractivity contribution in [1.82, 2.24) is 24.0 Å². The second-order valence-corrected chi connectivity index (χ2v) is 6.90. The maximum atomic E-state index is 12.6. The van der Waals surface area contributed by atoms with Crippen molar-refractivity contribution < 1.29 is 0 Å². The first kappa shape index (κ1) is 14.6. The number of aryl methyl sites for hydroxylation is 1. The zero-order valence-corrected chi connectivity index (χ0v) is 14.1. The van der Waals surface area contributed by atoms with E-state index in [1.807, 2.05) is 36.2 Å². The minimum Gasteiger partial charge on any atom is -0.334 e. The summed E-state index contributed by atoms with van der Waals surface area (Å²) in [5, 5.41) is 2.69. The molecule has 0 saturated heterocycles. The van der Waals surface area contributed by atoms with E-state index in [1.165, 1.54) is 17.0 Å². The van der Waals surface area contributed by atoms with Gasteiger partial charge in [0.1, 0.15) is 16.5 Å². The summed E-state index contributed by atoms with van der Waals surface area (Å²) < 4.78 is 3.97. The number of thiophene rings is 1. The van der Waals surface area contributed by atoms with Crippen LogP contribution >= 0.6 is 11.3 Å². The Hall–Kier alpha value is -1.99. The van der Waals surface area contributed by atoms with Crippen LogP contribution in [0, 0.1) is 6.92 Å². The molecule has 6 nitrogen and oxygen atoms in total. The van der Waals surface area contributed by atoms with Gasteiger partial charge in [0, 0.05) is 45.8 Å². The van der Waals surface area contributed by atoms with Gasteiger partial charge in [0.15, 0.2) is 0 Å². The van der Waals surface area contributed by atoms with Gasteiger partial charge in [-0.2, -0.15) is 0 Å². The van der Waals surface area contributed by atoms with Gasteiger partial charge in [0.05, 0.1) is 11.1 Å². The quantitative estimate of drug-likeness (QED) is 0.716. The first-order valence-electron chi connectivity index (χ1n) is 7.80. The van der Waals surface area contributed by atoms with Crippen molar-refractivity contribution in [2.24, 2.45) is 7.05 Å². The fraction of sp³-hybridized carbons (Fsp3) is 0.438. The van der Waals surface area contributed by atoms with Gasteiger partial charge < -0.3 is 4.57 Å². The summed E-state index contributed by atoms with van der Waals surface area (Å²) in [6, 6.07) is 1.88. The first-order valence-corrected chi connectivity index (χ1v) is 8.68. The van der Waals surface area contributed by atoms with Crippen LogP contribution < -0.4 is 5.56 Å². The van der Waals surface area contributed by atoms with Crippen LogP contribution in [0.3, 0.4) is 0 Å². The van der Waals surface area contributed by atoms with E-state index in [4.69, 9.17) is 4.98 Å². The summed E-state index contributed by atoms with van der Waals surface area (Å²) in [6.07, 6.45) is 2.74. The Bertz CT molecular complexity index is 922. The highest BCUT2D eigenvalue weighted by Gasteiger charge is 2.19. The minimum atomic E-state index is 0.101. The SMILES string of the molecule is Cc1ncc(CN2CCc3nc4sccc4c(=O)n3CC2)n1C. The third-order valence-corrected chi connectivity index (χ3v) is 5.46. The third-order valence-electron chi connectivity index (χ3n) is 4.66. The summed E-state index contributed by atoms with van der Waals surface area (Å²) in [5.41, 5.74) is 1.30. The Morgan fingerprint density at radius 3 is 2.96 bits per heavy atom. The molecule has 1 aliphatic rings. The molecule has 0 amide bonds. The highest BCUT2D eigenvalue weighted by molar-refractivity contribution is 7.16. The molecule has 0 bridgehead atoms. The molecule has 0 unspecified atom stereocenters. The van der Waals surface area contributed by atoms with Gasteiger partial charge in [0.25, 0.3) is 5.56 Å². The molecule has 0 aromatic carbocycles. The number of rotatable bonds is 2. The Balaban J connectivity index is 1.60. The van der Waals surface area contributed by atoms with Gasteiger partial charge in [-0.3, -0.25) is 14.3 Å². The number of nitrogens with zero attached hydrogens (tertiary/aromatic N) is 5. The summed E-state index contributed by atoms with van der Waals surface area (Å²) in [5.74, 6) is 1.94. The fourth-order valence-electron chi connectivity index (χ4n) is 3.11. The molecule has 0 saturated carbocycles. The second-order valence-electron chi connectivity index (χ2n) is 6.01. The average molecular weight is 329 g/mol. The monoisotopic (exact) mass is 329 g/mol. The normalized spacial score (nSPS) is 15.7. The Kier molecular flexibility index (Phi) is 3.54. The lowest BCUT2D eigenvalue weighted by Gasteiger charge is -2.19. The number of fused-ring (bicyclic) bond motifs is 2. The van der Waals surface area contributed by atoms with Crippen molar-refractivity contribution >= 4 is 21.6 Å². The van der Waals surface area contributed by atoms with E-state index in [0.717, 1.165) is 47.9 Å². The fourth-order valence-corrected chi connectivity index (χ4v) is 3.88. The van der Waals surface area contributed by atoms with Crippen molar-refractivity contribution in [3.05, 3.63) is 45.3 Å². The van der Waals surface area contributed by atoms with Crippen LogP contribution in [0.2, 0.25) is 0 Å². The lowest BCUT2D eigenvalue weighted by atomic mass is 10.3. The molecule has 1 aliphatic heterocycles. The molecule has 0 radical (unpaired) electrons. The van der Waals surface area contributed by atoms with Crippen molar-refractivity contribution in [1.29, 1.82) is 0 Å². The largest absolute Gasteiger partial charge is 0.334 e. The van der Waals surface area contributed by atoms with Crippen molar-refractivity contribution in [2.45, 2.75) is 26.4 Å². The van der Waals surface area contributed by atoms with Crippen LogP contribution in [0.5, 0.6) is 0 Å². The smallest absolute Gasteiger partial charge is 0.262 e. The molecular weight excluding hydrogens is 310 g/mol. The van der Waals surface area contributed by atoms with E-state index in [2.05, 4.69) is 14.5 Å². The predicted molar refractivity (Wildman–Crippen MR) is 90.8 cm³/mol. The van der Waals surface area contributed by atoms with Crippen LogP contribution in [-0.2, 0) is 26.6 Å².